The average Bonchev–Trinajstić information content (AvgIpc) is 3.96. The van der Waals surface area contributed by atoms with Crippen molar-refractivity contribution in [1.82, 2.24) is 0 Å². The first kappa shape index (κ1) is 55.9. The van der Waals surface area contributed by atoms with Crippen LogP contribution >= 0.6 is 11.6 Å². The molecule has 15 heteroatoms. The topological polar surface area (TPSA) is 206 Å². The Balaban J connectivity index is 0.000000184. The number of alkyl halides is 1. The SMILES string of the molecule is CC(C)C(=O)OCC(=O)[C@@]12O[C@H](C3CCCCC3)O[C@@H]1CC1C3CCC4=CC(=O)C=C[C@]4(C)C3[C@@H](O)C[C@@]12C.CCC(=O)OCC(=O)[C@@]1(OC(=O)CC)[C@@H](C)CC2C3CCC4=CC(=O)C=C[C@]4(C)[C@@]3(Cl)[C@@H](O)C[C@@]21C. The molecule has 10 rings (SSSR count). The highest BCUT2D eigenvalue weighted by Gasteiger charge is 2.78. The van der Waals surface area contributed by atoms with Crippen molar-refractivity contribution in [3.8, 4) is 0 Å². The van der Waals surface area contributed by atoms with Gasteiger partial charge in [0.05, 0.1) is 29.1 Å². The van der Waals surface area contributed by atoms with Gasteiger partial charge in [-0.3, -0.25) is 33.6 Å². The Morgan fingerprint density at radius 3 is 2.07 bits per heavy atom. The van der Waals surface area contributed by atoms with Gasteiger partial charge in [0.1, 0.15) is 0 Å². The maximum atomic E-state index is 14.2. The van der Waals surface area contributed by atoms with Gasteiger partial charge in [-0.15, -0.1) is 11.6 Å². The molecule has 1 saturated heterocycles. The van der Waals surface area contributed by atoms with Crippen LogP contribution in [-0.2, 0) is 57.2 Å². The molecule has 17 atom stereocenters. The zero-order valence-corrected chi connectivity index (χ0v) is 46.3. The van der Waals surface area contributed by atoms with Crippen LogP contribution in [0.25, 0.3) is 0 Å². The molecule has 8 fully saturated rings. The second-order valence-corrected chi connectivity index (χ2v) is 25.9. The summed E-state index contributed by atoms with van der Waals surface area (Å²) in [5.74, 6) is -2.71. The number of allylic oxidation sites excluding steroid dienone is 8. The number of aliphatic hydroxyl groups is 2. The van der Waals surface area contributed by atoms with Gasteiger partial charge in [0.15, 0.2) is 42.3 Å². The van der Waals surface area contributed by atoms with Crippen molar-refractivity contribution in [3.05, 3.63) is 47.6 Å². The van der Waals surface area contributed by atoms with Gasteiger partial charge in [-0.1, -0.05) is 105 Å². The van der Waals surface area contributed by atoms with Crippen molar-refractivity contribution >= 4 is 52.6 Å². The lowest BCUT2D eigenvalue weighted by Gasteiger charge is -2.64. The second-order valence-electron chi connectivity index (χ2n) is 25.3. The molecule has 1 heterocycles. The van der Waals surface area contributed by atoms with Gasteiger partial charge in [0.2, 0.25) is 11.6 Å². The Labute approximate surface area is 447 Å². The third kappa shape index (κ3) is 8.39. The number of ketones is 4. The summed E-state index contributed by atoms with van der Waals surface area (Å²) in [5, 5.41) is 23.6. The van der Waals surface area contributed by atoms with E-state index in [1.54, 1.807) is 45.9 Å². The fourth-order valence-electron chi connectivity index (χ4n) is 17.6. The van der Waals surface area contributed by atoms with E-state index in [0.717, 1.165) is 49.7 Å². The van der Waals surface area contributed by atoms with Crippen LogP contribution in [0.3, 0.4) is 0 Å². The molecule has 0 aromatic carbocycles. The minimum atomic E-state index is -1.55. The van der Waals surface area contributed by atoms with Gasteiger partial charge in [-0.25, -0.2) is 0 Å². The molecule has 0 amide bonds. The maximum Gasteiger partial charge on any atom is 0.308 e. The minimum Gasteiger partial charge on any atom is -0.457 e. The third-order valence-corrected chi connectivity index (χ3v) is 22.3. The van der Waals surface area contributed by atoms with Crippen LogP contribution in [0, 0.1) is 69.0 Å². The molecule has 2 N–H and O–H groups in total. The lowest BCUT2D eigenvalue weighted by Crippen LogP contribution is -2.69. The quantitative estimate of drug-likeness (QED) is 0.113. The van der Waals surface area contributed by atoms with E-state index in [-0.39, 0.29) is 96.0 Å². The van der Waals surface area contributed by atoms with E-state index in [2.05, 4.69) is 13.8 Å². The number of hydrogen-bond acceptors (Lipinski definition) is 14. The molecule has 0 spiro atoms. The first-order valence-corrected chi connectivity index (χ1v) is 28.6. The van der Waals surface area contributed by atoms with Gasteiger partial charge in [-0.05, 0) is 112 Å². The Morgan fingerprint density at radius 1 is 0.760 bits per heavy atom. The van der Waals surface area contributed by atoms with Crippen molar-refractivity contribution in [1.29, 1.82) is 0 Å². The second kappa shape index (κ2) is 20.1. The fraction of sp³-hybridized carbons (Fsp3) is 0.750. The zero-order chi connectivity index (χ0) is 54.4. The Bertz CT molecular complexity index is 2490. The monoisotopic (exact) mass is 1060 g/mol. The molecule has 7 saturated carbocycles. The van der Waals surface area contributed by atoms with Crippen molar-refractivity contribution in [3.63, 3.8) is 0 Å². The highest BCUT2D eigenvalue weighted by Crippen LogP contribution is 2.73. The number of esters is 3. The van der Waals surface area contributed by atoms with Gasteiger partial charge in [0, 0.05) is 52.3 Å². The molecule has 412 valence electrons. The lowest BCUT2D eigenvalue weighted by molar-refractivity contribution is -0.210. The van der Waals surface area contributed by atoms with Crippen molar-refractivity contribution in [2.45, 2.75) is 199 Å². The van der Waals surface area contributed by atoms with Crippen LogP contribution in [0.5, 0.6) is 0 Å². The molecule has 14 nitrogen and oxygen atoms in total. The van der Waals surface area contributed by atoms with Crippen LogP contribution in [0.1, 0.15) is 159 Å². The van der Waals surface area contributed by atoms with Gasteiger partial charge >= 0.3 is 17.9 Å². The molecule has 9 aliphatic carbocycles. The summed E-state index contributed by atoms with van der Waals surface area (Å²) in [6, 6.07) is 0. The van der Waals surface area contributed by atoms with E-state index in [4.69, 9.17) is 35.3 Å². The first-order chi connectivity index (χ1) is 35.3. The molecule has 75 heavy (non-hydrogen) atoms. The number of aliphatic hydroxyl groups excluding tert-OH is 2. The number of carbonyl (C=O) groups is 7. The van der Waals surface area contributed by atoms with Crippen molar-refractivity contribution in [2.75, 3.05) is 13.2 Å². The molecular formula is C60H81ClO14. The smallest absolute Gasteiger partial charge is 0.308 e. The number of fused-ring (bicyclic) bond motifs is 12. The number of hydrogen-bond donors (Lipinski definition) is 2. The zero-order valence-electron chi connectivity index (χ0n) is 45.6. The van der Waals surface area contributed by atoms with Crippen molar-refractivity contribution in [2.24, 2.45) is 69.0 Å². The van der Waals surface area contributed by atoms with Crippen LogP contribution in [0.4, 0.5) is 0 Å². The van der Waals surface area contributed by atoms with E-state index in [1.165, 1.54) is 12.5 Å². The van der Waals surface area contributed by atoms with Gasteiger partial charge < -0.3 is 33.9 Å². The van der Waals surface area contributed by atoms with E-state index < -0.39 is 87.2 Å². The fourth-order valence-corrected chi connectivity index (χ4v) is 18.2. The minimum absolute atomic E-state index is 0.0162. The van der Waals surface area contributed by atoms with E-state index in [9.17, 15) is 43.8 Å². The molecule has 0 aromatic rings. The van der Waals surface area contributed by atoms with Crippen LogP contribution in [0.15, 0.2) is 47.6 Å². The molecule has 5 unspecified atom stereocenters. The summed E-state index contributed by atoms with van der Waals surface area (Å²) in [7, 11) is 0. The summed E-state index contributed by atoms with van der Waals surface area (Å²) in [6.07, 6.45) is 18.3. The molecule has 0 bridgehead atoms. The molecule has 1 aliphatic heterocycles. The Morgan fingerprint density at radius 2 is 1.40 bits per heavy atom. The Kier molecular flexibility index (Phi) is 15.0. The average molecular weight is 1060 g/mol. The summed E-state index contributed by atoms with van der Waals surface area (Å²) in [6.45, 7) is 16.0. The molecule has 10 aliphatic rings. The van der Waals surface area contributed by atoms with Crippen LogP contribution < -0.4 is 0 Å². The Hall–Kier alpha value is -3.82. The van der Waals surface area contributed by atoms with E-state index in [1.807, 2.05) is 32.9 Å². The van der Waals surface area contributed by atoms with Gasteiger partial charge in [0.25, 0.3) is 0 Å². The molecule has 0 aromatic heterocycles. The van der Waals surface area contributed by atoms with E-state index in [0.29, 0.717) is 32.1 Å². The predicted molar refractivity (Wildman–Crippen MR) is 276 cm³/mol. The predicted octanol–water partition coefficient (Wildman–Crippen LogP) is 8.79. The highest BCUT2D eigenvalue weighted by atomic mass is 35.5. The molecular weight excluding hydrogens is 980 g/mol. The summed E-state index contributed by atoms with van der Waals surface area (Å²) in [5.41, 5.74) is -3.45. The highest BCUT2D eigenvalue weighted by molar-refractivity contribution is 6.26. The summed E-state index contributed by atoms with van der Waals surface area (Å²) >= 11 is 7.48. The normalized spacial score (nSPS) is 44.2. The standard InChI is InChI=1S/C32H44O7.C28H37ClO7/c1-18(2)28(36)37-17-25(35)32-26(38-29(39-32)19-8-6-5-7-9-19)15-23-22-11-10-20-14-21(33)12-13-30(20,3)27(22)24(34)16-31(23,32)4;1-6-23(33)35-15-22(32)28(36-24(34)7-2)16(3)12-20-19-9-8-17-13-18(30)10-11-25(17,4)27(19,29)21(31)14-26(20,28)5/h12-14,18-19,22-24,26-27,29,34H,5-11,15-17H2,1-4H3;10-11,13,16,19-21,31H,6-9,12,14-15H2,1-5H3/t22?,23?,24-,26+,27?,29+,30-,31-,32+;16-,19?,20?,21-,25-,26-,27-,28-/m00/s1. The summed E-state index contributed by atoms with van der Waals surface area (Å²) in [4.78, 5) is 88.2. The number of Topliss-reactive ketones (excluding diaryl/α,β-unsaturated/α-hetero) is 2. The number of rotatable bonds is 11. The van der Waals surface area contributed by atoms with Crippen molar-refractivity contribution < 1.29 is 67.5 Å². The number of ether oxygens (including phenoxy) is 5. The van der Waals surface area contributed by atoms with Crippen LogP contribution in [0.2, 0.25) is 0 Å². The molecule has 0 radical (unpaired) electrons. The summed E-state index contributed by atoms with van der Waals surface area (Å²) < 4.78 is 30.3. The van der Waals surface area contributed by atoms with Crippen LogP contribution in [-0.4, -0.2) is 105 Å². The largest absolute Gasteiger partial charge is 0.457 e. The third-order valence-electron chi connectivity index (χ3n) is 21.3. The van der Waals surface area contributed by atoms with Gasteiger partial charge in [-0.2, -0.15) is 0 Å². The maximum absolute atomic E-state index is 14.2. The van der Waals surface area contributed by atoms with E-state index >= 15 is 0 Å². The lowest BCUT2D eigenvalue weighted by atomic mass is 9.45. The number of halogens is 1. The first-order valence-electron chi connectivity index (χ1n) is 28.2. The number of carbonyl (C=O) groups excluding carboxylic acids is 7.